The lowest BCUT2D eigenvalue weighted by atomic mass is 10.2. The van der Waals surface area contributed by atoms with Crippen LogP contribution < -0.4 is 10.2 Å². The first-order chi connectivity index (χ1) is 9.06. The van der Waals surface area contributed by atoms with Gasteiger partial charge in [0.05, 0.1) is 0 Å². The van der Waals surface area contributed by atoms with E-state index in [0.29, 0.717) is 12.2 Å². The topological polar surface area (TPSA) is 35.5 Å². The van der Waals surface area contributed by atoms with Crippen molar-refractivity contribution in [2.75, 3.05) is 24.3 Å². The Morgan fingerprint density at radius 1 is 1.11 bits per heavy atom. The molecule has 3 nitrogen and oxygen atoms in total. The maximum Gasteiger partial charge on any atom is 0.166 e. The number of phenolic OH excluding ortho intramolecular Hbond substituents is 1. The van der Waals surface area contributed by atoms with Gasteiger partial charge in [0.1, 0.15) is 0 Å². The van der Waals surface area contributed by atoms with Gasteiger partial charge in [-0.05, 0) is 29.8 Å². The minimum Gasteiger partial charge on any atom is -0.505 e. The van der Waals surface area contributed by atoms with Crippen LogP contribution in [0, 0.1) is 5.82 Å². The van der Waals surface area contributed by atoms with Gasteiger partial charge in [-0.2, -0.15) is 0 Å². The molecule has 2 aromatic carbocycles. The molecule has 0 atom stereocenters. The third-order valence-corrected chi connectivity index (χ3v) is 2.90. The minimum absolute atomic E-state index is 0.333. The van der Waals surface area contributed by atoms with Crippen molar-refractivity contribution < 1.29 is 9.50 Å². The summed E-state index contributed by atoms with van der Waals surface area (Å²) >= 11 is 0. The van der Waals surface area contributed by atoms with E-state index in [1.165, 1.54) is 12.1 Å². The summed E-state index contributed by atoms with van der Waals surface area (Å²) in [4.78, 5) is 2.03. The first kappa shape index (κ1) is 13.2. The van der Waals surface area contributed by atoms with E-state index in [9.17, 15) is 4.39 Å². The lowest BCUT2D eigenvalue weighted by molar-refractivity contribution is 0.432. The molecule has 4 heteroatoms. The average Bonchev–Trinajstić information content (AvgIpc) is 2.40. The largest absolute Gasteiger partial charge is 0.505 e. The number of nitrogens with zero attached hydrogens (tertiary/aromatic N) is 1. The zero-order chi connectivity index (χ0) is 13.8. The van der Waals surface area contributed by atoms with Gasteiger partial charge in [-0.15, -0.1) is 0 Å². The number of hydrogen-bond donors (Lipinski definition) is 2. The standard InChI is InChI=1S/C15H17FN2O/c1-18(2)13-6-3-11(4-7-13)10-17-12-5-8-15(19)14(16)9-12/h3-9,17,19H,10H2,1-2H3. The van der Waals surface area contributed by atoms with Crippen molar-refractivity contribution in [3.05, 3.63) is 53.8 Å². The van der Waals surface area contributed by atoms with Crippen LogP contribution in [0.4, 0.5) is 15.8 Å². The van der Waals surface area contributed by atoms with Crippen molar-refractivity contribution in [3.8, 4) is 5.75 Å². The third-order valence-electron chi connectivity index (χ3n) is 2.90. The molecule has 100 valence electrons. The highest BCUT2D eigenvalue weighted by Crippen LogP contribution is 2.20. The molecule has 2 N–H and O–H groups in total. The van der Waals surface area contributed by atoms with Crippen LogP contribution in [0.1, 0.15) is 5.56 Å². The maximum absolute atomic E-state index is 13.2. The number of anilines is 2. The molecule has 0 heterocycles. The molecule has 0 aliphatic rings. The average molecular weight is 260 g/mol. The monoisotopic (exact) mass is 260 g/mol. The van der Waals surface area contributed by atoms with Gasteiger partial charge < -0.3 is 15.3 Å². The SMILES string of the molecule is CN(C)c1ccc(CNc2ccc(O)c(F)c2)cc1. The van der Waals surface area contributed by atoms with E-state index >= 15 is 0 Å². The number of nitrogens with one attached hydrogen (secondary N) is 1. The second-order valence-corrected chi connectivity index (χ2v) is 4.58. The molecule has 0 fully saturated rings. The maximum atomic E-state index is 13.2. The number of phenols is 1. The van der Waals surface area contributed by atoms with Gasteiger partial charge >= 0.3 is 0 Å². The molecule has 0 aliphatic carbocycles. The molecule has 0 bridgehead atoms. The lowest BCUT2D eigenvalue weighted by Gasteiger charge is -2.13. The van der Waals surface area contributed by atoms with Crippen LogP contribution in [-0.4, -0.2) is 19.2 Å². The van der Waals surface area contributed by atoms with E-state index < -0.39 is 5.82 Å². The second kappa shape index (κ2) is 5.61. The molecule has 0 saturated heterocycles. The zero-order valence-corrected chi connectivity index (χ0v) is 11.0. The molecular formula is C15H17FN2O. The third kappa shape index (κ3) is 3.37. The molecule has 19 heavy (non-hydrogen) atoms. The van der Waals surface area contributed by atoms with Crippen molar-refractivity contribution in [1.29, 1.82) is 0 Å². The Labute approximate surface area is 112 Å². The number of halogens is 1. The minimum atomic E-state index is -0.618. The Morgan fingerprint density at radius 2 is 1.79 bits per heavy atom. The van der Waals surface area contributed by atoms with Crippen molar-refractivity contribution in [3.63, 3.8) is 0 Å². The highest BCUT2D eigenvalue weighted by molar-refractivity contribution is 5.49. The van der Waals surface area contributed by atoms with Gasteiger partial charge in [0.2, 0.25) is 0 Å². The summed E-state index contributed by atoms with van der Waals surface area (Å²) in [6, 6.07) is 12.4. The first-order valence-corrected chi connectivity index (χ1v) is 6.05. The number of benzene rings is 2. The quantitative estimate of drug-likeness (QED) is 0.829. The molecule has 0 aliphatic heterocycles. The lowest BCUT2D eigenvalue weighted by Crippen LogP contribution is -2.08. The van der Waals surface area contributed by atoms with Gasteiger partial charge in [-0.25, -0.2) is 4.39 Å². The second-order valence-electron chi connectivity index (χ2n) is 4.58. The Balaban J connectivity index is 2.00. The van der Waals surface area contributed by atoms with Crippen LogP contribution in [0.2, 0.25) is 0 Å². The van der Waals surface area contributed by atoms with Crippen LogP contribution in [0.15, 0.2) is 42.5 Å². The van der Waals surface area contributed by atoms with Crippen LogP contribution in [0.5, 0.6) is 5.75 Å². The Bertz CT molecular complexity index is 553. The Morgan fingerprint density at radius 3 is 2.37 bits per heavy atom. The molecule has 2 aromatic rings. The van der Waals surface area contributed by atoms with E-state index in [4.69, 9.17) is 5.11 Å². The van der Waals surface area contributed by atoms with Crippen molar-refractivity contribution in [1.82, 2.24) is 0 Å². The van der Waals surface area contributed by atoms with Gasteiger partial charge in [-0.3, -0.25) is 0 Å². The van der Waals surface area contributed by atoms with E-state index in [2.05, 4.69) is 5.32 Å². The number of hydrogen-bond acceptors (Lipinski definition) is 3. The predicted octanol–water partition coefficient (Wildman–Crippen LogP) is 3.21. The first-order valence-electron chi connectivity index (χ1n) is 6.05. The summed E-state index contributed by atoms with van der Waals surface area (Å²) in [6.07, 6.45) is 0. The summed E-state index contributed by atoms with van der Waals surface area (Å²) in [5.41, 5.74) is 2.89. The van der Waals surface area contributed by atoms with E-state index in [-0.39, 0.29) is 5.75 Å². The fourth-order valence-corrected chi connectivity index (χ4v) is 1.73. The molecule has 0 aromatic heterocycles. The van der Waals surface area contributed by atoms with Crippen LogP contribution in [-0.2, 0) is 6.54 Å². The van der Waals surface area contributed by atoms with Crippen molar-refractivity contribution >= 4 is 11.4 Å². The fraction of sp³-hybridized carbons (Fsp3) is 0.200. The van der Waals surface area contributed by atoms with Crippen LogP contribution in [0.25, 0.3) is 0 Å². The van der Waals surface area contributed by atoms with E-state index in [1.54, 1.807) is 6.07 Å². The van der Waals surface area contributed by atoms with Gasteiger partial charge in [0.15, 0.2) is 11.6 Å². The molecule has 0 radical (unpaired) electrons. The molecule has 0 unspecified atom stereocenters. The smallest absolute Gasteiger partial charge is 0.166 e. The number of aromatic hydroxyl groups is 1. The summed E-state index contributed by atoms with van der Waals surface area (Å²) < 4.78 is 13.2. The molecule has 2 rings (SSSR count). The normalized spacial score (nSPS) is 10.3. The van der Waals surface area contributed by atoms with Gasteiger partial charge in [-0.1, -0.05) is 12.1 Å². The molecule has 0 amide bonds. The van der Waals surface area contributed by atoms with E-state index in [1.807, 2.05) is 43.3 Å². The summed E-state index contributed by atoms with van der Waals surface area (Å²) in [6.45, 7) is 0.609. The molecule has 0 spiro atoms. The Hall–Kier alpha value is -2.23. The predicted molar refractivity (Wildman–Crippen MR) is 76.2 cm³/mol. The van der Waals surface area contributed by atoms with E-state index in [0.717, 1.165) is 11.3 Å². The van der Waals surface area contributed by atoms with Gasteiger partial charge in [0, 0.05) is 38.1 Å². The Kier molecular flexibility index (Phi) is 3.90. The highest BCUT2D eigenvalue weighted by Gasteiger charge is 2.01. The van der Waals surface area contributed by atoms with Crippen LogP contribution >= 0.6 is 0 Å². The molecular weight excluding hydrogens is 243 g/mol. The van der Waals surface area contributed by atoms with Crippen LogP contribution in [0.3, 0.4) is 0 Å². The fourth-order valence-electron chi connectivity index (χ4n) is 1.73. The summed E-state index contributed by atoms with van der Waals surface area (Å²) in [7, 11) is 3.99. The number of rotatable bonds is 4. The molecule has 0 saturated carbocycles. The van der Waals surface area contributed by atoms with Gasteiger partial charge in [0.25, 0.3) is 0 Å². The summed E-state index contributed by atoms with van der Waals surface area (Å²) in [5.74, 6) is -0.950. The summed E-state index contributed by atoms with van der Waals surface area (Å²) in [5, 5.41) is 12.2. The van der Waals surface area contributed by atoms with Crippen molar-refractivity contribution in [2.24, 2.45) is 0 Å². The van der Waals surface area contributed by atoms with Crippen molar-refractivity contribution in [2.45, 2.75) is 6.54 Å². The highest BCUT2D eigenvalue weighted by atomic mass is 19.1. The zero-order valence-electron chi connectivity index (χ0n) is 11.0.